The van der Waals surface area contributed by atoms with Crippen LogP contribution in [0.15, 0.2) is 83.7 Å². The van der Waals surface area contributed by atoms with Crippen molar-refractivity contribution in [1.82, 2.24) is 5.32 Å². The van der Waals surface area contributed by atoms with Gasteiger partial charge in [0.15, 0.2) is 17.3 Å². The molecule has 0 radical (unpaired) electrons. The molecule has 2 N–H and O–H groups in total. The van der Waals surface area contributed by atoms with Crippen molar-refractivity contribution in [2.75, 3.05) is 6.61 Å². The Morgan fingerprint density at radius 1 is 1.18 bits per heavy atom. The molecular weight excluding hydrogens is 485 g/mol. The van der Waals surface area contributed by atoms with E-state index in [4.69, 9.17) is 9.47 Å². The number of ketones is 1. The van der Waals surface area contributed by atoms with Crippen molar-refractivity contribution >= 4 is 11.7 Å². The number of amides is 1. The Labute approximate surface area is 221 Å². The summed E-state index contributed by atoms with van der Waals surface area (Å²) in [5.41, 5.74) is 0.912. The summed E-state index contributed by atoms with van der Waals surface area (Å²) in [6.07, 6.45) is 6.47. The average Bonchev–Trinajstić information content (AvgIpc) is 3.07. The number of aliphatic hydroxyl groups is 1. The van der Waals surface area contributed by atoms with Gasteiger partial charge in [0.05, 0.1) is 0 Å². The minimum atomic E-state index is -1.10. The smallest absolute Gasteiger partial charge is 0.252 e. The molecule has 4 rings (SSSR count). The largest absolute Gasteiger partial charge is 0.491 e. The normalized spacial score (nSPS) is 19.5. The third-order valence-corrected chi connectivity index (χ3v) is 6.09. The van der Waals surface area contributed by atoms with Crippen LogP contribution >= 0.6 is 0 Å². The van der Waals surface area contributed by atoms with Crippen LogP contribution in [0, 0.1) is 23.6 Å². The molecule has 2 aromatic carbocycles. The molecule has 0 aromatic heterocycles. The number of halogens is 1. The Kier molecular flexibility index (Phi) is 8.13. The zero-order valence-electron chi connectivity index (χ0n) is 21.6. The fraction of sp³-hybridized carbons (Fsp3) is 0.290. The third-order valence-electron chi connectivity index (χ3n) is 6.09. The predicted molar refractivity (Wildman–Crippen MR) is 142 cm³/mol. The second-order valence-corrected chi connectivity index (χ2v) is 9.86. The highest BCUT2D eigenvalue weighted by Crippen LogP contribution is 2.30. The zero-order chi connectivity index (χ0) is 27.3. The Morgan fingerprint density at radius 3 is 2.74 bits per heavy atom. The van der Waals surface area contributed by atoms with Crippen LogP contribution in [0.25, 0.3) is 0 Å². The second kappa shape index (κ2) is 11.5. The van der Waals surface area contributed by atoms with Gasteiger partial charge in [-0.1, -0.05) is 43.0 Å². The van der Waals surface area contributed by atoms with Crippen molar-refractivity contribution in [3.63, 3.8) is 0 Å². The first-order valence-electron chi connectivity index (χ1n) is 12.4. The van der Waals surface area contributed by atoms with Gasteiger partial charge in [0.1, 0.15) is 29.8 Å². The number of para-hydroxylation sites is 1. The molecule has 1 amide bonds. The highest BCUT2D eigenvalue weighted by molar-refractivity contribution is 5.98. The van der Waals surface area contributed by atoms with E-state index >= 15 is 0 Å². The van der Waals surface area contributed by atoms with E-state index in [0.717, 1.165) is 11.1 Å². The van der Waals surface area contributed by atoms with Crippen LogP contribution in [-0.4, -0.2) is 35.0 Å². The van der Waals surface area contributed by atoms with Gasteiger partial charge >= 0.3 is 0 Å². The van der Waals surface area contributed by atoms with Crippen LogP contribution in [0.3, 0.4) is 0 Å². The molecular formula is C31H30FNO5. The maximum absolute atomic E-state index is 14.0. The molecule has 7 heteroatoms. The van der Waals surface area contributed by atoms with Gasteiger partial charge in [-0.3, -0.25) is 9.59 Å². The van der Waals surface area contributed by atoms with Gasteiger partial charge in [-0.2, -0.15) is 0 Å². The molecule has 6 nitrogen and oxygen atoms in total. The molecule has 196 valence electrons. The van der Waals surface area contributed by atoms with E-state index in [1.165, 1.54) is 18.2 Å². The van der Waals surface area contributed by atoms with Gasteiger partial charge in [0.25, 0.3) is 5.91 Å². The van der Waals surface area contributed by atoms with Crippen LogP contribution < -0.4 is 10.1 Å². The summed E-state index contributed by atoms with van der Waals surface area (Å²) in [7, 11) is 0. The Hall–Kier alpha value is -4.15. The van der Waals surface area contributed by atoms with Gasteiger partial charge in [-0.25, -0.2) is 4.39 Å². The molecule has 0 spiro atoms. The van der Waals surface area contributed by atoms with Gasteiger partial charge in [0.2, 0.25) is 0 Å². The fourth-order valence-electron chi connectivity index (χ4n) is 4.10. The average molecular weight is 516 g/mol. The predicted octanol–water partition coefficient (Wildman–Crippen LogP) is 5.26. The number of nitrogens with one attached hydrogen (secondary N) is 1. The van der Waals surface area contributed by atoms with E-state index in [2.05, 4.69) is 17.2 Å². The summed E-state index contributed by atoms with van der Waals surface area (Å²) in [5, 5.41) is 12.7. The molecule has 1 aliphatic carbocycles. The first kappa shape index (κ1) is 26.9. The van der Waals surface area contributed by atoms with Crippen LogP contribution in [0.4, 0.5) is 4.39 Å². The van der Waals surface area contributed by atoms with E-state index < -0.39 is 23.4 Å². The zero-order valence-corrected chi connectivity index (χ0v) is 21.6. The van der Waals surface area contributed by atoms with Crippen molar-refractivity contribution < 1.29 is 28.6 Å². The van der Waals surface area contributed by atoms with Crippen molar-refractivity contribution in [1.29, 1.82) is 0 Å². The lowest BCUT2D eigenvalue weighted by Crippen LogP contribution is -2.45. The molecule has 1 saturated heterocycles. The number of rotatable bonds is 4. The maximum Gasteiger partial charge on any atom is 0.252 e. The number of fused-ring (bicyclic) bond motifs is 1. The van der Waals surface area contributed by atoms with E-state index in [-0.39, 0.29) is 36.0 Å². The minimum absolute atomic E-state index is 0.0234. The van der Waals surface area contributed by atoms with Crippen molar-refractivity contribution in [2.24, 2.45) is 5.92 Å². The minimum Gasteiger partial charge on any atom is -0.491 e. The monoisotopic (exact) mass is 515 g/mol. The molecule has 38 heavy (non-hydrogen) atoms. The maximum atomic E-state index is 14.0. The summed E-state index contributed by atoms with van der Waals surface area (Å²) in [5.74, 6) is 5.56. The Bertz CT molecular complexity index is 1390. The standard InChI is InChI=1S/C31H30FNO5/c1-20-17-27(34)26(19-37-28-14-12-21(11-13-24(20)28)15-16-31(2,3)36)33-30(35)22-7-6-8-23(18-22)38-29-10-5-4-9-25(29)32/h4-10,12-14,18,20,26,36H,11,17,19H2,1-3H3,(H,33,35)/t20?,26-/m0/s1. The first-order valence-corrected chi connectivity index (χ1v) is 12.4. The second-order valence-electron chi connectivity index (χ2n) is 9.86. The number of allylic oxidation sites excluding steroid dienone is 5. The highest BCUT2D eigenvalue weighted by atomic mass is 19.1. The molecule has 2 atom stereocenters. The third kappa shape index (κ3) is 6.99. The molecule has 1 aliphatic heterocycles. The Balaban J connectivity index is 1.47. The van der Waals surface area contributed by atoms with E-state index in [9.17, 15) is 19.1 Å². The van der Waals surface area contributed by atoms with E-state index in [1.54, 1.807) is 44.2 Å². The summed E-state index contributed by atoms with van der Waals surface area (Å²) < 4.78 is 25.6. The summed E-state index contributed by atoms with van der Waals surface area (Å²) >= 11 is 0. The SMILES string of the molecule is CC1CC(=O)[C@@H](NC(=O)c2cccc(Oc3ccccc3F)c2)COC2=CC=C(C#CC(C)(C)O)CC=C21. The van der Waals surface area contributed by atoms with Crippen molar-refractivity contribution in [3.05, 3.63) is 95.0 Å². The lowest BCUT2D eigenvalue weighted by Gasteiger charge is -2.27. The number of hydrogen-bond donors (Lipinski definition) is 2. The summed E-state index contributed by atoms with van der Waals surface area (Å²) in [4.78, 5) is 26.1. The number of ether oxygens (including phenoxy) is 2. The topological polar surface area (TPSA) is 84.9 Å². The number of benzene rings is 2. The summed E-state index contributed by atoms with van der Waals surface area (Å²) in [6, 6.07) is 11.5. The highest BCUT2D eigenvalue weighted by Gasteiger charge is 2.30. The van der Waals surface area contributed by atoms with Crippen LogP contribution in [0.1, 0.15) is 44.0 Å². The summed E-state index contributed by atoms with van der Waals surface area (Å²) in [6.45, 7) is 5.17. The molecule has 0 saturated carbocycles. The van der Waals surface area contributed by atoms with Gasteiger partial charge in [-0.05, 0) is 74.2 Å². The van der Waals surface area contributed by atoms with Gasteiger partial charge < -0.3 is 19.9 Å². The molecule has 2 aliphatic rings. The van der Waals surface area contributed by atoms with E-state index in [0.29, 0.717) is 17.9 Å². The fourth-order valence-corrected chi connectivity index (χ4v) is 4.10. The number of hydrogen-bond acceptors (Lipinski definition) is 5. The molecule has 1 heterocycles. The van der Waals surface area contributed by atoms with Crippen molar-refractivity contribution in [3.8, 4) is 23.3 Å². The molecule has 1 fully saturated rings. The lowest BCUT2D eigenvalue weighted by atomic mass is 9.90. The van der Waals surface area contributed by atoms with Crippen LogP contribution in [0.2, 0.25) is 0 Å². The number of Topliss-reactive ketones (excluding diaryl/α,β-unsaturated/α-hetero) is 1. The van der Waals surface area contributed by atoms with Crippen LogP contribution in [-0.2, 0) is 9.53 Å². The van der Waals surface area contributed by atoms with E-state index in [1.807, 2.05) is 25.2 Å². The molecule has 1 unspecified atom stereocenters. The van der Waals surface area contributed by atoms with Gasteiger partial charge in [-0.15, -0.1) is 0 Å². The molecule has 2 aromatic rings. The van der Waals surface area contributed by atoms with Crippen molar-refractivity contribution in [2.45, 2.75) is 45.3 Å². The van der Waals surface area contributed by atoms with Crippen LogP contribution in [0.5, 0.6) is 11.5 Å². The number of carbonyl (C=O) groups is 2. The Morgan fingerprint density at radius 2 is 1.97 bits per heavy atom. The number of carbonyl (C=O) groups excluding carboxylic acids is 2. The quantitative estimate of drug-likeness (QED) is 0.543. The lowest BCUT2D eigenvalue weighted by molar-refractivity contribution is -0.123. The first-order chi connectivity index (χ1) is 18.1. The molecule has 0 bridgehead atoms. The van der Waals surface area contributed by atoms with Gasteiger partial charge in [0, 0.05) is 17.6 Å².